The van der Waals surface area contributed by atoms with E-state index in [9.17, 15) is 0 Å². The largest absolute Gasteiger partial charge is 0.391 e. The van der Waals surface area contributed by atoms with Gasteiger partial charge in [-0.25, -0.2) is 0 Å². The Morgan fingerprint density at radius 3 is 2.37 bits per heavy atom. The number of pyridine rings is 1. The fourth-order valence-electron chi connectivity index (χ4n) is 1.82. The second-order valence-corrected chi connectivity index (χ2v) is 4.33. The Morgan fingerprint density at radius 1 is 1.32 bits per heavy atom. The minimum atomic E-state index is 0.279. The molecule has 1 heterocycles. The molecule has 19 heavy (non-hydrogen) atoms. The van der Waals surface area contributed by atoms with Gasteiger partial charge in [0, 0.05) is 31.6 Å². The number of allylic oxidation sites excluding steroid dienone is 2. The third kappa shape index (κ3) is 3.19. The first-order valence-corrected chi connectivity index (χ1v) is 6.08. The monoisotopic (exact) mass is 259 g/mol. The molecular formula is C14H21N5. The zero-order chi connectivity index (χ0) is 14.6. The smallest absolute Gasteiger partial charge is 0.130 e. The maximum atomic E-state index is 7.94. The zero-order valence-electron chi connectivity index (χ0n) is 12.1. The normalized spacial score (nSPS) is 13.0. The Bertz CT molecular complexity index is 605. The van der Waals surface area contributed by atoms with Gasteiger partial charge in [0.15, 0.2) is 0 Å². The number of aliphatic imine (C=N–C) groups is 1. The van der Waals surface area contributed by atoms with E-state index in [0.29, 0.717) is 5.84 Å². The van der Waals surface area contributed by atoms with Crippen LogP contribution in [-0.2, 0) is 0 Å². The van der Waals surface area contributed by atoms with E-state index in [2.05, 4.69) is 10.3 Å². The zero-order valence-corrected chi connectivity index (χ0v) is 12.1. The molecular weight excluding hydrogens is 238 g/mol. The van der Waals surface area contributed by atoms with Gasteiger partial charge >= 0.3 is 0 Å². The minimum Gasteiger partial charge on any atom is -0.391 e. The number of aromatic nitrogens is 1. The van der Waals surface area contributed by atoms with E-state index in [0.717, 1.165) is 22.5 Å². The lowest BCUT2D eigenvalue weighted by atomic mass is 10.0. The Labute approximate surface area is 113 Å². The quantitative estimate of drug-likeness (QED) is 0.561. The first-order valence-electron chi connectivity index (χ1n) is 6.08. The minimum absolute atomic E-state index is 0.279. The predicted octanol–water partition coefficient (Wildman–Crippen LogP) is 1.75. The summed E-state index contributed by atoms with van der Waals surface area (Å²) in [5.74, 6) is 0.324. The molecule has 0 unspecified atom stereocenters. The summed E-state index contributed by atoms with van der Waals surface area (Å²) in [7, 11) is 3.62. The Hall–Kier alpha value is -2.17. The van der Waals surface area contributed by atoms with Crippen molar-refractivity contribution >= 4 is 11.5 Å². The van der Waals surface area contributed by atoms with Gasteiger partial charge in [0.2, 0.25) is 0 Å². The lowest BCUT2D eigenvalue weighted by molar-refractivity contribution is 0.954. The van der Waals surface area contributed by atoms with Crippen LogP contribution in [-0.4, -0.2) is 30.2 Å². The van der Waals surface area contributed by atoms with Gasteiger partial charge in [0.05, 0.1) is 5.71 Å². The third-order valence-electron chi connectivity index (χ3n) is 3.11. The van der Waals surface area contributed by atoms with Gasteiger partial charge in [-0.15, -0.1) is 0 Å². The van der Waals surface area contributed by atoms with Gasteiger partial charge in [-0.1, -0.05) is 0 Å². The highest BCUT2D eigenvalue weighted by Gasteiger charge is 2.09. The number of rotatable bonds is 3. The van der Waals surface area contributed by atoms with Crippen LogP contribution in [0.2, 0.25) is 0 Å². The molecule has 0 atom stereocenters. The Morgan fingerprint density at radius 2 is 1.95 bits per heavy atom. The van der Waals surface area contributed by atoms with Crippen LogP contribution in [0.5, 0.6) is 0 Å². The molecule has 0 bridgehead atoms. The summed E-state index contributed by atoms with van der Waals surface area (Å²) in [6.45, 7) is 5.65. The molecule has 0 fully saturated rings. The Kier molecular flexibility index (Phi) is 4.80. The second-order valence-electron chi connectivity index (χ2n) is 4.33. The summed E-state index contributed by atoms with van der Waals surface area (Å²) in [4.78, 5) is 4.32. The van der Waals surface area contributed by atoms with E-state index >= 15 is 0 Å². The molecule has 0 amide bonds. The Balaban J connectivity index is 3.34. The van der Waals surface area contributed by atoms with Crippen molar-refractivity contribution in [2.45, 2.75) is 20.8 Å². The van der Waals surface area contributed by atoms with Crippen molar-refractivity contribution < 1.29 is 0 Å². The number of nitrogens with one attached hydrogen (secondary N) is 3. The van der Waals surface area contributed by atoms with Crippen molar-refractivity contribution in [1.82, 2.24) is 9.88 Å². The summed E-state index contributed by atoms with van der Waals surface area (Å²) in [5.41, 5.74) is 4.12. The van der Waals surface area contributed by atoms with Crippen LogP contribution in [0.3, 0.4) is 0 Å². The van der Waals surface area contributed by atoms with E-state index in [4.69, 9.17) is 10.8 Å². The van der Waals surface area contributed by atoms with Crippen molar-refractivity contribution in [3.05, 3.63) is 40.7 Å². The molecule has 0 aliphatic carbocycles. The van der Waals surface area contributed by atoms with Gasteiger partial charge < -0.3 is 5.32 Å². The SMILES string of the molecule is CN=C(/C(C)=C(\C)NC)c1ccn(C(C)=N)c(=N)c1. The molecule has 0 aliphatic heterocycles. The van der Waals surface area contributed by atoms with Gasteiger partial charge in [0.1, 0.15) is 11.3 Å². The molecule has 1 rings (SSSR count). The molecule has 0 radical (unpaired) electrons. The molecule has 102 valence electrons. The summed E-state index contributed by atoms with van der Waals surface area (Å²) >= 11 is 0. The van der Waals surface area contributed by atoms with Crippen LogP contribution in [0.1, 0.15) is 26.3 Å². The molecule has 0 saturated heterocycles. The molecule has 5 nitrogen and oxygen atoms in total. The number of hydrogen-bond acceptors (Lipinski definition) is 4. The molecule has 0 spiro atoms. The number of nitrogens with zero attached hydrogens (tertiary/aromatic N) is 2. The average molecular weight is 259 g/mol. The molecule has 5 heteroatoms. The summed E-state index contributed by atoms with van der Waals surface area (Å²) in [6.07, 6.45) is 1.73. The molecule has 0 saturated carbocycles. The van der Waals surface area contributed by atoms with E-state index in [1.807, 2.05) is 27.0 Å². The maximum absolute atomic E-state index is 7.94. The second kappa shape index (κ2) is 6.13. The van der Waals surface area contributed by atoms with Crippen molar-refractivity contribution in [2.75, 3.05) is 14.1 Å². The standard InChI is InChI=1S/C14H21N5/c1-9(10(2)17-4)14(18-5)12-6-7-19(11(3)15)13(16)8-12/h6-8,15-17H,1-5H3/b10-9+,15-11?,16-13?,18-14?. The van der Waals surface area contributed by atoms with Crippen LogP contribution in [0.4, 0.5) is 0 Å². The van der Waals surface area contributed by atoms with Crippen molar-refractivity contribution in [3.8, 4) is 0 Å². The summed E-state index contributed by atoms with van der Waals surface area (Å²) in [6, 6.07) is 3.61. The topological polar surface area (TPSA) is 77.0 Å². The van der Waals surface area contributed by atoms with E-state index in [1.165, 1.54) is 4.57 Å². The summed E-state index contributed by atoms with van der Waals surface area (Å²) < 4.78 is 1.51. The van der Waals surface area contributed by atoms with Gasteiger partial charge in [-0.05, 0) is 38.5 Å². The van der Waals surface area contributed by atoms with Crippen LogP contribution in [0.15, 0.2) is 34.6 Å². The number of hydrogen-bond donors (Lipinski definition) is 3. The molecule has 3 N–H and O–H groups in total. The van der Waals surface area contributed by atoms with E-state index in [-0.39, 0.29) is 5.49 Å². The lowest BCUT2D eigenvalue weighted by Crippen LogP contribution is -2.25. The molecule has 1 aromatic heterocycles. The molecule has 0 aliphatic rings. The first kappa shape index (κ1) is 14.9. The molecule has 1 aromatic rings. The highest BCUT2D eigenvalue weighted by Crippen LogP contribution is 2.10. The van der Waals surface area contributed by atoms with Gasteiger partial charge in [-0.2, -0.15) is 0 Å². The van der Waals surface area contributed by atoms with Crippen molar-refractivity contribution in [3.63, 3.8) is 0 Å². The lowest BCUT2D eigenvalue weighted by Gasteiger charge is -2.12. The van der Waals surface area contributed by atoms with Crippen molar-refractivity contribution in [1.29, 1.82) is 10.8 Å². The van der Waals surface area contributed by atoms with Crippen LogP contribution < -0.4 is 10.8 Å². The van der Waals surface area contributed by atoms with Crippen LogP contribution >= 0.6 is 0 Å². The van der Waals surface area contributed by atoms with Crippen LogP contribution in [0.25, 0.3) is 0 Å². The average Bonchev–Trinajstić information content (AvgIpc) is 2.38. The van der Waals surface area contributed by atoms with Gasteiger partial charge in [0.25, 0.3) is 0 Å². The fourth-order valence-corrected chi connectivity index (χ4v) is 1.82. The highest BCUT2D eigenvalue weighted by molar-refractivity contribution is 6.12. The van der Waals surface area contributed by atoms with E-state index < -0.39 is 0 Å². The van der Waals surface area contributed by atoms with E-state index in [1.54, 1.807) is 26.2 Å². The van der Waals surface area contributed by atoms with Gasteiger partial charge in [-0.3, -0.25) is 20.4 Å². The van der Waals surface area contributed by atoms with Crippen molar-refractivity contribution in [2.24, 2.45) is 4.99 Å². The summed E-state index contributed by atoms with van der Waals surface area (Å²) in [5, 5.41) is 18.6. The first-order chi connectivity index (χ1) is 8.92. The maximum Gasteiger partial charge on any atom is 0.130 e. The predicted molar refractivity (Wildman–Crippen MR) is 79.0 cm³/mol. The third-order valence-corrected chi connectivity index (χ3v) is 3.11. The van der Waals surface area contributed by atoms with Crippen LogP contribution in [0, 0.1) is 10.8 Å². The highest BCUT2D eigenvalue weighted by atomic mass is 15.0. The molecule has 0 aromatic carbocycles. The fraction of sp³-hybridized carbons (Fsp3) is 0.357.